The van der Waals surface area contributed by atoms with Gasteiger partial charge in [0, 0.05) is 17.4 Å². The molecule has 0 bridgehead atoms. The monoisotopic (exact) mass is 380 g/mol. The van der Waals surface area contributed by atoms with Crippen LogP contribution in [0.1, 0.15) is 23.6 Å². The van der Waals surface area contributed by atoms with Crippen molar-refractivity contribution in [3.05, 3.63) is 53.7 Å². The van der Waals surface area contributed by atoms with Crippen LogP contribution in [0.4, 0.5) is 15.3 Å². The van der Waals surface area contributed by atoms with E-state index in [0.29, 0.717) is 29.6 Å². The maximum Gasteiger partial charge on any atom is 0.434 e. The van der Waals surface area contributed by atoms with Crippen molar-refractivity contribution in [3.8, 4) is 5.75 Å². The van der Waals surface area contributed by atoms with Gasteiger partial charge in [0.25, 0.3) is 0 Å². The number of hydrogen-bond donors (Lipinski definition) is 2. The van der Waals surface area contributed by atoms with Gasteiger partial charge in [0.05, 0.1) is 37.2 Å². The predicted molar refractivity (Wildman–Crippen MR) is 104 cm³/mol. The molecular formula is C20H20N4O4. The maximum absolute atomic E-state index is 12.6. The number of nitrogens with one attached hydrogen (secondary N) is 2. The van der Waals surface area contributed by atoms with E-state index in [9.17, 15) is 9.59 Å². The highest BCUT2D eigenvalue weighted by atomic mass is 16.5. The minimum Gasteiger partial charge on any atom is -0.493 e. The third kappa shape index (κ3) is 3.24. The van der Waals surface area contributed by atoms with E-state index in [1.807, 2.05) is 25.1 Å². The van der Waals surface area contributed by atoms with Crippen molar-refractivity contribution in [2.75, 3.05) is 19.0 Å². The summed E-state index contributed by atoms with van der Waals surface area (Å²) in [6.07, 6.45) is 1.62. The number of methoxy groups -OCH3 is 1. The number of amides is 2. The average molecular weight is 380 g/mol. The summed E-state index contributed by atoms with van der Waals surface area (Å²) in [5.41, 5.74) is 3.19. The number of benzene rings is 2. The van der Waals surface area contributed by atoms with E-state index in [2.05, 4.69) is 15.7 Å². The molecule has 3 aromatic rings. The zero-order valence-electron chi connectivity index (χ0n) is 15.6. The zero-order chi connectivity index (χ0) is 19.7. The molecule has 2 aromatic carbocycles. The van der Waals surface area contributed by atoms with Crippen molar-refractivity contribution < 1.29 is 19.1 Å². The molecule has 8 nitrogen and oxygen atoms in total. The first-order valence-corrected chi connectivity index (χ1v) is 8.93. The van der Waals surface area contributed by atoms with Crippen molar-refractivity contribution in [3.63, 3.8) is 0 Å². The van der Waals surface area contributed by atoms with Crippen LogP contribution in [0.3, 0.4) is 0 Å². The van der Waals surface area contributed by atoms with E-state index < -0.39 is 6.09 Å². The Balaban J connectivity index is 1.55. The molecule has 0 radical (unpaired) electrons. The topological polar surface area (TPSA) is 94.5 Å². The van der Waals surface area contributed by atoms with Gasteiger partial charge in [-0.3, -0.25) is 0 Å². The van der Waals surface area contributed by atoms with Crippen molar-refractivity contribution in [2.45, 2.75) is 19.4 Å². The lowest BCUT2D eigenvalue weighted by Crippen LogP contribution is -2.35. The largest absolute Gasteiger partial charge is 0.493 e. The standard InChI is InChI=1S/C20H20N4O4/c1-12-6-7-18-13(10-12)16(8-9-28-18)23-19(25)22-15-4-3-5-17-14(15)11-21-24(17)20(26)27-2/h3-7,10-11,16H,8-9H2,1-2H3,(H2,22,23,25). The molecule has 1 aromatic heterocycles. The van der Waals surface area contributed by atoms with Gasteiger partial charge in [0.2, 0.25) is 0 Å². The number of rotatable bonds is 2. The van der Waals surface area contributed by atoms with Crippen molar-refractivity contribution >= 4 is 28.7 Å². The summed E-state index contributed by atoms with van der Waals surface area (Å²) in [5, 5.41) is 10.5. The normalized spacial score (nSPS) is 15.4. The number of fused-ring (bicyclic) bond motifs is 2. The molecule has 2 heterocycles. The second kappa shape index (κ2) is 7.22. The number of hydrogen-bond acceptors (Lipinski definition) is 5. The zero-order valence-corrected chi connectivity index (χ0v) is 15.6. The Hall–Kier alpha value is -3.55. The summed E-state index contributed by atoms with van der Waals surface area (Å²) < 4.78 is 11.5. The number of urea groups is 1. The second-order valence-electron chi connectivity index (χ2n) is 6.59. The molecule has 4 rings (SSSR count). The van der Waals surface area contributed by atoms with E-state index in [1.165, 1.54) is 13.3 Å². The highest BCUT2D eigenvalue weighted by molar-refractivity contribution is 6.02. The molecule has 28 heavy (non-hydrogen) atoms. The molecule has 2 amide bonds. The van der Waals surface area contributed by atoms with E-state index in [4.69, 9.17) is 9.47 Å². The number of carbonyl (C=O) groups excluding carboxylic acids is 2. The Labute approximate surface area is 161 Å². The summed E-state index contributed by atoms with van der Waals surface area (Å²) >= 11 is 0. The SMILES string of the molecule is COC(=O)n1ncc2c(NC(=O)NC3CCOc4ccc(C)cc43)cccc21. The van der Waals surface area contributed by atoms with Crippen LogP contribution >= 0.6 is 0 Å². The van der Waals surface area contributed by atoms with Crippen LogP contribution in [0.5, 0.6) is 5.75 Å². The molecule has 144 valence electrons. The molecule has 0 saturated carbocycles. The molecule has 1 unspecified atom stereocenters. The highest BCUT2D eigenvalue weighted by Crippen LogP contribution is 2.33. The lowest BCUT2D eigenvalue weighted by molar-refractivity contribution is 0.170. The smallest absolute Gasteiger partial charge is 0.434 e. The number of aromatic nitrogens is 2. The first-order valence-electron chi connectivity index (χ1n) is 8.93. The first kappa shape index (κ1) is 17.8. The lowest BCUT2D eigenvalue weighted by atomic mass is 9.99. The first-order chi connectivity index (χ1) is 13.6. The third-order valence-corrected chi connectivity index (χ3v) is 4.72. The number of anilines is 1. The van der Waals surface area contributed by atoms with Gasteiger partial charge in [-0.1, -0.05) is 23.8 Å². The molecule has 1 atom stereocenters. The van der Waals surface area contributed by atoms with Crippen LogP contribution in [0.2, 0.25) is 0 Å². The van der Waals surface area contributed by atoms with Gasteiger partial charge in [0.1, 0.15) is 5.75 Å². The fourth-order valence-corrected chi connectivity index (χ4v) is 3.37. The minimum atomic E-state index is -0.592. The van der Waals surface area contributed by atoms with Crippen LogP contribution in [0.25, 0.3) is 10.9 Å². The van der Waals surface area contributed by atoms with Crippen LogP contribution < -0.4 is 15.4 Å². The van der Waals surface area contributed by atoms with E-state index in [-0.39, 0.29) is 12.1 Å². The van der Waals surface area contributed by atoms with Gasteiger partial charge in [-0.25, -0.2) is 9.59 Å². The Kier molecular flexibility index (Phi) is 4.60. The summed E-state index contributed by atoms with van der Waals surface area (Å²) in [4.78, 5) is 24.4. The van der Waals surface area contributed by atoms with Gasteiger partial charge in [0.15, 0.2) is 0 Å². The van der Waals surface area contributed by atoms with E-state index >= 15 is 0 Å². The molecule has 8 heteroatoms. The van der Waals surface area contributed by atoms with Crippen LogP contribution in [-0.4, -0.2) is 35.6 Å². The fraction of sp³-hybridized carbons (Fsp3) is 0.250. The lowest BCUT2D eigenvalue weighted by Gasteiger charge is -2.27. The number of aryl methyl sites for hydroxylation is 1. The van der Waals surface area contributed by atoms with Crippen molar-refractivity contribution in [1.29, 1.82) is 0 Å². The molecule has 1 aliphatic rings. The predicted octanol–water partition coefficient (Wildman–Crippen LogP) is 3.60. The van der Waals surface area contributed by atoms with Gasteiger partial charge >= 0.3 is 12.1 Å². The van der Waals surface area contributed by atoms with Gasteiger partial charge in [-0.05, 0) is 25.1 Å². The van der Waals surface area contributed by atoms with E-state index in [1.54, 1.807) is 18.2 Å². The van der Waals surface area contributed by atoms with Crippen LogP contribution in [-0.2, 0) is 4.74 Å². The summed E-state index contributed by atoms with van der Waals surface area (Å²) in [6, 6.07) is 10.7. The minimum absolute atomic E-state index is 0.138. The summed E-state index contributed by atoms with van der Waals surface area (Å²) in [5.74, 6) is 0.795. The fourth-order valence-electron chi connectivity index (χ4n) is 3.37. The molecule has 0 aliphatic carbocycles. The summed E-state index contributed by atoms with van der Waals surface area (Å²) in [7, 11) is 1.29. The maximum atomic E-state index is 12.6. The Morgan fingerprint density at radius 2 is 2.14 bits per heavy atom. The molecule has 2 N–H and O–H groups in total. The number of ether oxygens (including phenoxy) is 2. The molecule has 0 saturated heterocycles. The van der Waals surface area contributed by atoms with Crippen molar-refractivity contribution in [1.82, 2.24) is 15.1 Å². The van der Waals surface area contributed by atoms with Crippen LogP contribution in [0.15, 0.2) is 42.6 Å². The Morgan fingerprint density at radius 3 is 2.96 bits per heavy atom. The highest BCUT2D eigenvalue weighted by Gasteiger charge is 2.23. The summed E-state index contributed by atoms with van der Waals surface area (Å²) in [6.45, 7) is 2.55. The molecule has 0 fully saturated rings. The van der Waals surface area contributed by atoms with Gasteiger partial charge < -0.3 is 20.1 Å². The number of nitrogens with zero attached hydrogens (tertiary/aromatic N) is 2. The molecular weight excluding hydrogens is 360 g/mol. The molecule has 1 aliphatic heterocycles. The number of carbonyl (C=O) groups is 2. The molecule has 0 spiro atoms. The van der Waals surface area contributed by atoms with Crippen molar-refractivity contribution in [2.24, 2.45) is 0 Å². The van der Waals surface area contributed by atoms with E-state index in [0.717, 1.165) is 21.6 Å². The third-order valence-electron chi connectivity index (χ3n) is 4.72. The Morgan fingerprint density at radius 1 is 1.29 bits per heavy atom. The average Bonchev–Trinajstić information content (AvgIpc) is 3.13. The quantitative estimate of drug-likeness (QED) is 0.708. The Bertz CT molecular complexity index is 1060. The van der Waals surface area contributed by atoms with Crippen LogP contribution in [0, 0.1) is 6.92 Å². The van der Waals surface area contributed by atoms with Gasteiger partial charge in [-0.15, -0.1) is 0 Å². The van der Waals surface area contributed by atoms with Gasteiger partial charge in [-0.2, -0.15) is 9.78 Å². The second-order valence-corrected chi connectivity index (χ2v) is 6.59.